The Hall–Kier alpha value is -0.500. The molecule has 11 heavy (non-hydrogen) atoms. The Balaban J connectivity index is 4.20. The van der Waals surface area contributed by atoms with Crippen molar-refractivity contribution in [2.24, 2.45) is 5.92 Å². The van der Waals surface area contributed by atoms with E-state index in [1.807, 2.05) is 6.92 Å². The lowest BCUT2D eigenvalue weighted by Crippen LogP contribution is -2.17. The topological polar surface area (TPSA) is 35.9 Å². The third-order valence-corrected chi connectivity index (χ3v) is 1.39. The van der Waals surface area contributed by atoms with Gasteiger partial charge in [0.25, 0.3) is 0 Å². The van der Waals surface area contributed by atoms with Gasteiger partial charge < -0.3 is 5.32 Å². The molecule has 0 bridgehead atoms. The van der Waals surface area contributed by atoms with Crippen LogP contribution in [-0.2, 0) is 0 Å². The highest BCUT2D eigenvalue weighted by atomic mass is 35.5. The molecule has 2 N–H and O–H groups in total. The Morgan fingerprint density at radius 1 is 1.64 bits per heavy atom. The third-order valence-electron chi connectivity index (χ3n) is 1.29. The van der Waals surface area contributed by atoms with Crippen molar-refractivity contribution < 1.29 is 0 Å². The Kier molecular flexibility index (Phi) is 4.95. The molecule has 0 heterocycles. The van der Waals surface area contributed by atoms with Crippen molar-refractivity contribution in [2.45, 2.75) is 20.8 Å². The second-order valence-corrected chi connectivity index (χ2v) is 3.04. The van der Waals surface area contributed by atoms with Crippen molar-refractivity contribution >= 4 is 16.8 Å². The summed E-state index contributed by atoms with van der Waals surface area (Å²) in [6, 6.07) is 0. The molecular weight excluding hydrogens is 160 g/mol. The fourth-order valence-corrected chi connectivity index (χ4v) is 0.880. The molecule has 0 spiro atoms. The van der Waals surface area contributed by atoms with Gasteiger partial charge in [0.05, 0.1) is 0 Å². The summed E-state index contributed by atoms with van der Waals surface area (Å²) in [5.41, 5.74) is 1.02. The lowest BCUT2D eigenvalue weighted by atomic mass is 10.1. The fourth-order valence-electron chi connectivity index (χ4n) is 0.762. The van der Waals surface area contributed by atoms with E-state index in [0.717, 1.165) is 12.2 Å². The highest BCUT2D eigenvalue weighted by molar-refractivity contribution is 6.67. The first kappa shape index (κ1) is 10.5. The van der Waals surface area contributed by atoms with Crippen molar-refractivity contribution in [3.63, 3.8) is 0 Å². The van der Waals surface area contributed by atoms with Gasteiger partial charge in [-0.3, -0.25) is 5.41 Å². The summed E-state index contributed by atoms with van der Waals surface area (Å²) in [7, 11) is 0. The van der Waals surface area contributed by atoms with Crippen LogP contribution >= 0.6 is 11.6 Å². The van der Waals surface area contributed by atoms with Crippen molar-refractivity contribution in [1.82, 2.24) is 5.32 Å². The molecule has 0 aromatic heterocycles. The Morgan fingerprint density at radius 3 is 2.45 bits per heavy atom. The van der Waals surface area contributed by atoms with Crippen LogP contribution in [0.4, 0.5) is 0 Å². The van der Waals surface area contributed by atoms with Gasteiger partial charge in [-0.1, -0.05) is 25.4 Å². The zero-order chi connectivity index (χ0) is 8.85. The van der Waals surface area contributed by atoms with E-state index in [9.17, 15) is 0 Å². The van der Waals surface area contributed by atoms with Gasteiger partial charge in [-0.05, 0) is 18.9 Å². The van der Waals surface area contributed by atoms with E-state index in [1.54, 1.807) is 6.08 Å². The van der Waals surface area contributed by atoms with Crippen LogP contribution < -0.4 is 5.32 Å². The molecule has 0 fully saturated rings. The lowest BCUT2D eigenvalue weighted by molar-refractivity contribution is 0.669. The lowest BCUT2D eigenvalue weighted by Gasteiger charge is -2.11. The molecule has 0 radical (unpaired) electrons. The van der Waals surface area contributed by atoms with Crippen LogP contribution in [0, 0.1) is 11.3 Å². The van der Waals surface area contributed by atoms with E-state index in [1.165, 1.54) is 0 Å². The molecule has 0 saturated heterocycles. The van der Waals surface area contributed by atoms with Crippen LogP contribution in [-0.4, -0.2) is 11.7 Å². The number of hydrogen-bond acceptors (Lipinski definition) is 2. The SMILES string of the molecule is CCN/C(=C\C(=N)Cl)C(C)C. The maximum atomic E-state index is 7.05. The first-order valence-electron chi connectivity index (χ1n) is 3.77. The van der Waals surface area contributed by atoms with Gasteiger partial charge in [-0.25, -0.2) is 0 Å². The summed E-state index contributed by atoms with van der Waals surface area (Å²) in [6.45, 7) is 7.02. The van der Waals surface area contributed by atoms with Crippen LogP contribution in [0.2, 0.25) is 0 Å². The molecular formula is C8H15ClN2. The molecule has 0 atom stereocenters. The van der Waals surface area contributed by atoms with Crippen LogP contribution in [0.5, 0.6) is 0 Å². The summed E-state index contributed by atoms with van der Waals surface area (Å²) in [5, 5.41) is 10.3. The van der Waals surface area contributed by atoms with Crippen LogP contribution in [0.3, 0.4) is 0 Å². The van der Waals surface area contributed by atoms with Gasteiger partial charge in [0, 0.05) is 12.2 Å². The molecule has 0 amide bonds. The maximum absolute atomic E-state index is 7.05. The van der Waals surface area contributed by atoms with Gasteiger partial charge in [0.1, 0.15) is 5.17 Å². The largest absolute Gasteiger partial charge is 0.388 e. The minimum Gasteiger partial charge on any atom is -0.388 e. The molecule has 0 aliphatic carbocycles. The molecule has 0 saturated carbocycles. The van der Waals surface area contributed by atoms with E-state index in [0.29, 0.717) is 5.92 Å². The van der Waals surface area contributed by atoms with Gasteiger partial charge in [0.2, 0.25) is 0 Å². The number of allylic oxidation sites excluding steroid dienone is 2. The smallest absolute Gasteiger partial charge is 0.122 e. The molecule has 64 valence electrons. The normalized spacial score (nSPS) is 11.9. The third kappa shape index (κ3) is 4.85. The highest BCUT2D eigenvalue weighted by Crippen LogP contribution is 2.05. The molecule has 0 aliphatic heterocycles. The van der Waals surface area contributed by atoms with Crippen molar-refractivity contribution in [3.05, 3.63) is 11.8 Å². The molecule has 0 aromatic carbocycles. The molecule has 0 rings (SSSR count). The summed E-state index contributed by atoms with van der Waals surface area (Å²) >= 11 is 5.42. The van der Waals surface area contributed by atoms with Crippen LogP contribution in [0.15, 0.2) is 11.8 Å². The fraction of sp³-hybridized carbons (Fsp3) is 0.625. The standard InChI is InChI=1S/C8H15ClN2/c1-4-11-7(6(2)3)5-8(9)10/h5-6,10-11H,4H2,1-3H3/b7-5-,10-8?. The quantitative estimate of drug-likeness (QED) is 0.631. The maximum Gasteiger partial charge on any atom is 0.122 e. The number of nitrogens with one attached hydrogen (secondary N) is 2. The summed E-state index contributed by atoms with van der Waals surface area (Å²) < 4.78 is 0. The summed E-state index contributed by atoms with van der Waals surface area (Å²) in [4.78, 5) is 0. The minimum absolute atomic E-state index is 0.0784. The second-order valence-electron chi connectivity index (χ2n) is 2.63. The predicted octanol–water partition coefficient (Wildman–Crippen LogP) is 2.35. The monoisotopic (exact) mass is 174 g/mol. The number of halogens is 1. The number of rotatable bonds is 4. The minimum atomic E-state index is 0.0784. The first-order valence-corrected chi connectivity index (χ1v) is 4.15. The molecule has 3 heteroatoms. The van der Waals surface area contributed by atoms with Gasteiger partial charge in [0.15, 0.2) is 0 Å². The Bertz CT molecular complexity index is 161. The van der Waals surface area contributed by atoms with Crippen molar-refractivity contribution in [3.8, 4) is 0 Å². The zero-order valence-corrected chi connectivity index (χ0v) is 8.00. The van der Waals surface area contributed by atoms with E-state index in [-0.39, 0.29) is 5.17 Å². The van der Waals surface area contributed by atoms with Gasteiger partial charge in [-0.15, -0.1) is 0 Å². The first-order chi connectivity index (χ1) is 5.07. The van der Waals surface area contributed by atoms with Gasteiger partial charge >= 0.3 is 0 Å². The average Bonchev–Trinajstić information content (AvgIpc) is 1.86. The highest BCUT2D eigenvalue weighted by Gasteiger charge is 2.00. The molecule has 0 aliphatic rings. The Labute approximate surface area is 73.1 Å². The Morgan fingerprint density at radius 2 is 2.18 bits per heavy atom. The average molecular weight is 175 g/mol. The second kappa shape index (κ2) is 5.19. The van der Waals surface area contributed by atoms with Crippen LogP contribution in [0.1, 0.15) is 20.8 Å². The van der Waals surface area contributed by atoms with E-state index in [2.05, 4.69) is 19.2 Å². The van der Waals surface area contributed by atoms with E-state index < -0.39 is 0 Å². The molecule has 0 unspecified atom stereocenters. The van der Waals surface area contributed by atoms with E-state index >= 15 is 0 Å². The van der Waals surface area contributed by atoms with Crippen LogP contribution in [0.25, 0.3) is 0 Å². The predicted molar refractivity (Wildman–Crippen MR) is 50.2 cm³/mol. The summed E-state index contributed by atoms with van der Waals surface area (Å²) in [6.07, 6.45) is 1.65. The zero-order valence-electron chi connectivity index (χ0n) is 7.24. The summed E-state index contributed by atoms with van der Waals surface area (Å²) in [5.74, 6) is 0.397. The van der Waals surface area contributed by atoms with E-state index in [4.69, 9.17) is 17.0 Å². The molecule has 0 aromatic rings. The van der Waals surface area contributed by atoms with Gasteiger partial charge in [-0.2, -0.15) is 0 Å². The van der Waals surface area contributed by atoms with Crippen molar-refractivity contribution in [1.29, 1.82) is 5.41 Å². The van der Waals surface area contributed by atoms with Crippen molar-refractivity contribution in [2.75, 3.05) is 6.54 Å². The molecule has 2 nitrogen and oxygen atoms in total. The number of hydrogen-bond donors (Lipinski definition) is 2.